The quantitative estimate of drug-likeness (QED) is 0.537. The molecular formula is C21H25Cl2F2N3O2S. The molecule has 3 aromatic rings. The predicted molar refractivity (Wildman–Crippen MR) is 123 cm³/mol. The molecule has 0 aliphatic carbocycles. The van der Waals surface area contributed by atoms with Gasteiger partial charge in [0.2, 0.25) is 0 Å². The molecule has 0 bridgehead atoms. The highest BCUT2D eigenvalue weighted by Gasteiger charge is 2.23. The molecule has 31 heavy (non-hydrogen) atoms. The molecule has 4 rings (SSSR count). The normalized spacial score (nSPS) is 15.5. The number of piperazine rings is 1. The number of rotatable bonds is 5. The van der Waals surface area contributed by atoms with E-state index in [0.29, 0.717) is 11.6 Å². The molecular weight excluding hydrogens is 467 g/mol. The lowest BCUT2D eigenvalue weighted by molar-refractivity contribution is 0.132. The van der Waals surface area contributed by atoms with Crippen LogP contribution in [0.5, 0.6) is 0 Å². The first kappa shape index (κ1) is 25.5. The molecule has 0 radical (unpaired) electrons. The fourth-order valence-electron chi connectivity index (χ4n) is 3.79. The van der Waals surface area contributed by atoms with Crippen LogP contribution in [0.4, 0.5) is 8.78 Å². The van der Waals surface area contributed by atoms with E-state index in [1.54, 1.807) is 12.1 Å². The number of hydrogen-bond acceptors (Lipinski definition) is 4. The maximum Gasteiger partial charge on any atom is 0.271 e. The summed E-state index contributed by atoms with van der Waals surface area (Å²) in [5.41, 5.74) is 1.57. The molecule has 0 atom stereocenters. The number of nitrogens with zero attached hydrogens (tertiary/aromatic N) is 3. The second-order valence-electron chi connectivity index (χ2n) is 7.29. The van der Waals surface area contributed by atoms with E-state index in [4.69, 9.17) is 0 Å². The average molecular weight is 492 g/mol. The van der Waals surface area contributed by atoms with Crippen molar-refractivity contribution in [2.24, 2.45) is 0 Å². The van der Waals surface area contributed by atoms with Crippen molar-refractivity contribution in [3.05, 3.63) is 65.9 Å². The van der Waals surface area contributed by atoms with Crippen molar-refractivity contribution in [1.82, 2.24) is 13.8 Å². The van der Waals surface area contributed by atoms with E-state index < -0.39 is 26.6 Å². The summed E-state index contributed by atoms with van der Waals surface area (Å²) in [7, 11) is -4.16. The predicted octanol–water partition coefficient (Wildman–Crippen LogP) is 4.14. The summed E-state index contributed by atoms with van der Waals surface area (Å²) in [6, 6.07) is 9.79. The van der Waals surface area contributed by atoms with Crippen LogP contribution < -0.4 is 0 Å². The zero-order valence-electron chi connectivity index (χ0n) is 17.0. The molecule has 1 saturated heterocycles. The smallest absolute Gasteiger partial charge is 0.271 e. The highest BCUT2D eigenvalue weighted by Crippen LogP contribution is 2.25. The van der Waals surface area contributed by atoms with Gasteiger partial charge in [-0.2, -0.15) is 0 Å². The van der Waals surface area contributed by atoms with Crippen molar-refractivity contribution < 1.29 is 17.2 Å². The van der Waals surface area contributed by atoms with Gasteiger partial charge in [-0.1, -0.05) is 13.0 Å². The van der Waals surface area contributed by atoms with Crippen molar-refractivity contribution >= 4 is 45.7 Å². The van der Waals surface area contributed by atoms with Crippen molar-refractivity contribution in [1.29, 1.82) is 0 Å². The van der Waals surface area contributed by atoms with Gasteiger partial charge < -0.3 is 4.90 Å². The van der Waals surface area contributed by atoms with Crippen LogP contribution in [0, 0.1) is 11.6 Å². The second kappa shape index (κ2) is 10.3. The third kappa shape index (κ3) is 5.21. The van der Waals surface area contributed by atoms with Gasteiger partial charge in [0.15, 0.2) is 0 Å². The zero-order valence-corrected chi connectivity index (χ0v) is 19.4. The molecule has 0 amide bonds. The Kier molecular flexibility index (Phi) is 8.47. The molecule has 1 aliphatic heterocycles. The van der Waals surface area contributed by atoms with Crippen molar-refractivity contribution in [2.45, 2.75) is 18.4 Å². The Morgan fingerprint density at radius 1 is 0.903 bits per heavy atom. The first-order valence-corrected chi connectivity index (χ1v) is 11.1. The lowest BCUT2D eigenvalue weighted by Crippen LogP contribution is -2.45. The van der Waals surface area contributed by atoms with Gasteiger partial charge in [-0.25, -0.2) is 21.2 Å². The summed E-state index contributed by atoms with van der Waals surface area (Å²) < 4.78 is 54.1. The van der Waals surface area contributed by atoms with Crippen LogP contribution >= 0.6 is 24.8 Å². The van der Waals surface area contributed by atoms with Gasteiger partial charge in [0.25, 0.3) is 10.0 Å². The molecule has 1 aliphatic rings. The largest absolute Gasteiger partial charge is 0.301 e. The van der Waals surface area contributed by atoms with Gasteiger partial charge in [0.05, 0.1) is 5.52 Å². The molecule has 1 aromatic heterocycles. The molecule has 0 spiro atoms. The molecule has 1 fully saturated rings. The van der Waals surface area contributed by atoms with Crippen molar-refractivity contribution in [2.75, 3.05) is 32.7 Å². The summed E-state index contributed by atoms with van der Waals surface area (Å²) in [6.07, 6.45) is 1.41. The minimum atomic E-state index is -4.16. The Balaban J connectivity index is 0.00000171. The monoisotopic (exact) mass is 491 g/mol. The lowest BCUT2D eigenvalue weighted by Gasteiger charge is -2.34. The molecule has 0 saturated carbocycles. The van der Waals surface area contributed by atoms with E-state index in [1.165, 1.54) is 6.20 Å². The molecule has 0 unspecified atom stereocenters. The minimum Gasteiger partial charge on any atom is -0.301 e. The van der Waals surface area contributed by atoms with Crippen molar-refractivity contribution in [3.63, 3.8) is 0 Å². The van der Waals surface area contributed by atoms with Crippen LogP contribution in [0.3, 0.4) is 0 Å². The van der Waals surface area contributed by atoms with Gasteiger partial charge in [-0.3, -0.25) is 4.90 Å². The molecule has 2 aromatic carbocycles. The van der Waals surface area contributed by atoms with E-state index >= 15 is 0 Å². The first-order valence-electron chi connectivity index (χ1n) is 9.64. The summed E-state index contributed by atoms with van der Waals surface area (Å²) >= 11 is 0. The topological polar surface area (TPSA) is 45.5 Å². The average Bonchev–Trinajstić information content (AvgIpc) is 3.12. The Morgan fingerprint density at radius 3 is 2.23 bits per heavy atom. The van der Waals surface area contributed by atoms with E-state index in [0.717, 1.165) is 66.3 Å². The maximum absolute atomic E-state index is 14.1. The second-order valence-corrected chi connectivity index (χ2v) is 9.08. The summed E-state index contributed by atoms with van der Waals surface area (Å²) in [5, 5.41) is 0.765. The Hall–Kier alpha value is -1.71. The molecule has 0 N–H and O–H groups in total. The molecule has 10 heteroatoms. The highest BCUT2D eigenvalue weighted by atomic mass is 35.5. The highest BCUT2D eigenvalue weighted by molar-refractivity contribution is 7.90. The number of likely N-dealkylation sites (N-methyl/N-ethyl adjacent to an activating group) is 1. The van der Waals surface area contributed by atoms with Crippen LogP contribution in [0.25, 0.3) is 10.9 Å². The number of halogens is 4. The van der Waals surface area contributed by atoms with E-state index in [-0.39, 0.29) is 24.8 Å². The Morgan fingerprint density at radius 2 is 1.58 bits per heavy atom. The number of benzene rings is 2. The summed E-state index contributed by atoms with van der Waals surface area (Å²) in [5.74, 6) is -1.92. The zero-order chi connectivity index (χ0) is 20.6. The third-order valence-electron chi connectivity index (χ3n) is 5.47. The molecule has 5 nitrogen and oxygen atoms in total. The third-order valence-corrected chi connectivity index (χ3v) is 7.19. The van der Waals surface area contributed by atoms with Gasteiger partial charge in [-0.05, 0) is 42.4 Å². The maximum atomic E-state index is 14.1. The fraction of sp³-hybridized carbons (Fsp3) is 0.333. The number of aromatic nitrogens is 1. The Labute approximate surface area is 193 Å². The lowest BCUT2D eigenvalue weighted by atomic mass is 10.1. The van der Waals surface area contributed by atoms with Crippen LogP contribution in [-0.4, -0.2) is 54.9 Å². The van der Waals surface area contributed by atoms with Crippen molar-refractivity contribution in [3.8, 4) is 0 Å². The molecule has 170 valence electrons. The summed E-state index contributed by atoms with van der Waals surface area (Å²) in [6.45, 7) is 8.15. The summed E-state index contributed by atoms with van der Waals surface area (Å²) in [4.78, 5) is 4.25. The van der Waals surface area contributed by atoms with E-state index in [1.807, 2.05) is 12.1 Å². The Bertz CT molecular complexity index is 1150. The molecule has 2 heterocycles. The van der Waals surface area contributed by atoms with Gasteiger partial charge in [-0.15, -0.1) is 24.8 Å². The van der Waals surface area contributed by atoms with Gasteiger partial charge in [0, 0.05) is 50.4 Å². The van der Waals surface area contributed by atoms with Crippen LogP contribution in [0.1, 0.15) is 12.5 Å². The number of hydrogen-bond donors (Lipinski definition) is 0. The SMILES string of the molecule is CCN1CCN(Cc2ccc3c(ccn3S(=O)(=O)c3ccc(F)cc3F)c2)CC1.Cl.Cl. The standard InChI is InChI=1S/C21H23F2N3O2S.2ClH/c1-2-24-9-11-25(12-10-24)15-16-3-5-20-17(13-16)7-8-26(20)29(27,28)21-6-4-18(22)14-19(21)23;;/h3-8,13-14H,2,9-12,15H2,1H3;2*1H. The number of fused-ring (bicyclic) bond motifs is 1. The van der Waals surface area contributed by atoms with Gasteiger partial charge in [0.1, 0.15) is 16.5 Å². The van der Waals surface area contributed by atoms with Crippen LogP contribution in [0.2, 0.25) is 0 Å². The van der Waals surface area contributed by atoms with Crippen LogP contribution in [-0.2, 0) is 16.6 Å². The minimum absolute atomic E-state index is 0. The van der Waals surface area contributed by atoms with E-state index in [9.17, 15) is 17.2 Å². The fourth-order valence-corrected chi connectivity index (χ4v) is 5.19. The van der Waals surface area contributed by atoms with Crippen LogP contribution in [0.15, 0.2) is 53.6 Å². The van der Waals surface area contributed by atoms with E-state index in [2.05, 4.69) is 16.7 Å². The van der Waals surface area contributed by atoms with Gasteiger partial charge >= 0.3 is 0 Å². The first-order chi connectivity index (χ1) is 13.9.